The Hall–Kier alpha value is -4.56. The van der Waals surface area contributed by atoms with Crippen molar-refractivity contribution < 1.29 is 24.3 Å². The van der Waals surface area contributed by atoms with E-state index in [1.807, 2.05) is 48.5 Å². The lowest BCUT2D eigenvalue weighted by molar-refractivity contribution is -0.122. The number of hydrogen-bond donors (Lipinski definition) is 2. The van der Waals surface area contributed by atoms with Crippen LogP contribution in [0.15, 0.2) is 91.0 Å². The van der Waals surface area contributed by atoms with Gasteiger partial charge in [-0.15, -0.1) is 0 Å². The van der Waals surface area contributed by atoms with Gasteiger partial charge < -0.3 is 10.4 Å². The summed E-state index contributed by atoms with van der Waals surface area (Å²) in [5.41, 5.74) is 5.75. The van der Waals surface area contributed by atoms with Gasteiger partial charge >= 0.3 is 5.97 Å². The van der Waals surface area contributed by atoms with Crippen LogP contribution >= 0.6 is 15.9 Å². The van der Waals surface area contributed by atoms with Crippen molar-refractivity contribution >= 4 is 51.0 Å². The number of carbonyl (C=O) groups is 4. The van der Waals surface area contributed by atoms with E-state index in [2.05, 4.69) is 21.2 Å². The molecule has 2 bridgehead atoms. The first-order chi connectivity index (χ1) is 19.7. The number of imide groups is 1. The Kier molecular flexibility index (Phi) is 5.56. The van der Waals surface area contributed by atoms with Gasteiger partial charge in [0.2, 0.25) is 11.8 Å². The van der Waals surface area contributed by atoms with Gasteiger partial charge in [-0.3, -0.25) is 14.4 Å². The Morgan fingerprint density at radius 3 is 2.07 bits per heavy atom. The van der Waals surface area contributed by atoms with Gasteiger partial charge in [0.25, 0.3) is 5.91 Å². The number of nitrogens with one attached hydrogen (secondary N) is 1. The van der Waals surface area contributed by atoms with Crippen molar-refractivity contribution in [2.45, 2.75) is 17.2 Å². The largest absolute Gasteiger partial charge is 0.478 e. The Morgan fingerprint density at radius 1 is 0.854 bits per heavy atom. The molecule has 0 spiro atoms. The zero-order chi connectivity index (χ0) is 28.6. The highest BCUT2D eigenvalue weighted by molar-refractivity contribution is 9.09. The van der Waals surface area contributed by atoms with Crippen molar-refractivity contribution in [3.63, 3.8) is 0 Å². The maximum absolute atomic E-state index is 14.1. The highest BCUT2D eigenvalue weighted by atomic mass is 79.9. The number of anilines is 2. The Balaban J connectivity index is 1.23. The molecule has 0 aromatic heterocycles. The molecule has 4 aromatic rings. The second-order valence-electron chi connectivity index (χ2n) is 10.7. The standard InChI is InChI=1S/C33H23BrN2O5/c1-17-10-15-22(32(40)41)25(16-17)35-29(37)18-11-13-19(14-12-18)36-30(38)27-26-20-6-2-4-8-23(20)33(34,28(27)31(36)39)24-9-5-3-7-21(24)26/h2-16,26-28H,1H3,(H,35,37)(H,40,41)/t26?,27-,28+,33?/m1/s1. The summed E-state index contributed by atoms with van der Waals surface area (Å²) in [7, 11) is 0. The Labute approximate surface area is 243 Å². The van der Waals surface area contributed by atoms with E-state index in [1.54, 1.807) is 31.2 Å². The van der Waals surface area contributed by atoms with Gasteiger partial charge in [0.1, 0.15) is 0 Å². The summed E-state index contributed by atoms with van der Waals surface area (Å²) >= 11 is 3.99. The number of carbonyl (C=O) groups excluding carboxylic acids is 3. The van der Waals surface area contributed by atoms with E-state index in [1.165, 1.54) is 23.1 Å². The third-order valence-electron chi connectivity index (χ3n) is 8.56. The van der Waals surface area contributed by atoms with Gasteiger partial charge in [-0.05, 0) is 71.1 Å². The van der Waals surface area contributed by atoms with Crippen LogP contribution in [0, 0.1) is 18.8 Å². The lowest BCUT2D eigenvalue weighted by atomic mass is 9.55. The molecule has 0 radical (unpaired) electrons. The second-order valence-corrected chi connectivity index (χ2v) is 12.0. The van der Waals surface area contributed by atoms with E-state index in [0.29, 0.717) is 5.69 Å². The fourth-order valence-corrected chi connectivity index (χ4v) is 8.04. The first-order valence-corrected chi connectivity index (χ1v) is 14.0. The molecule has 8 heteroatoms. The van der Waals surface area contributed by atoms with Crippen molar-refractivity contribution in [1.29, 1.82) is 0 Å². The van der Waals surface area contributed by atoms with Crippen LogP contribution in [-0.4, -0.2) is 28.8 Å². The minimum absolute atomic E-state index is 0.0169. The maximum atomic E-state index is 14.1. The summed E-state index contributed by atoms with van der Waals surface area (Å²) in [4.78, 5) is 54.0. The number of carboxylic acids is 1. The van der Waals surface area contributed by atoms with E-state index in [0.717, 1.165) is 27.8 Å². The molecule has 0 saturated carbocycles. The summed E-state index contributed by atoms with van der Waals surface area (Å²) in [6, 6.07) is 26.9. The molecular weight excluding hydrogens is 584 g/mol. The minimum Gasteiger partial charge on any atom is -0.478 e. The summed E-state index contributed by atoms with van der Waals surface area (Å²) in [5, 5.41) is 12.2. The number of halogens is 1. The van der Waals surface area contributed by atoms with Crippen LogP contribution in [0.3, 0.4) is 0 Å². The molecule has 2 atom stereocenters. The van der Waals surface area contributed by atoms with Crippen molar-refractivity contribution in [2.75, 3.05) is 10.2 Å². The Bertz CT molecular complexity index is 1770. The van der Waals surface area contributed by atoms with Crippen LogP contribution in [0.4, 0.5) is 11.4 Å². The van der Waals surface area contributed by atoms with Gasteiger partial charge in [-0.2, -0.15) is 0 Å². The Morgan fingerprint density at radius 2 is 1.46 bits per heavy atom. The molecule has 1 fully saturated rings. The molecule has 4 aromatic carbocycles. The normalized spacial score (nSPS) is 23.6. The molecule has 1 heterocycles. The fourth-order valence-electron chi connectivity index (χ4n) is 6.84. The number of alkyl halides is 1. The molecule has 7 nitrogen and oxygen atoms in total. The lowest BCUT2D eigenvalue weighted by Gasteiger charge is -2.51. The smallest absolute Gasteiger partial charge is 0.337 e. The quantitative estimate of drug-likeness (QED) is 0.224. The van der Waals surface area contributed by atoms with E-state index < -0.39 is 28.0 Å². The third kappa shape index (κ3) is 3.50. The lowest BCUT2D eigenvalue weighted by Crippen LogP contribution is -2.50. The van der Waals surface area contributed by atoms with Crippen molar-refractivity contribution in [1.82, 2.24) is 0 Å². The van der Waals surface area contributed by atoms with Gasteiger partial charge in [0, 0.05) is 11.5 Å². The molecule has 3 aliphatic carbocycles. The van der Waals surface area contributed by atoms with Crippen LogP contribution in [0.25, 0.3) is 0 Å². The summed E-state index contributed by atoms with van der Waals surface area (Å²) in [6.45, 7) is 1.80. The van der Waals surface area contributed by atoms with Crippen LogP contribution in [0.5, 0.6) is 0 Å². The average molecular weight is 607 g/mol. The van der Waals surface area contributed by atoms with E-state index >= 15 is 0 Å². The molecule has 8 rings (SSSR count). The number of amides is 3. The van der Waals surface area contributed by atoms with Crippen molar-refractivity contribution in [3.8, 4) is 0 Å². The molecule has 2 N–H and O–H groups in total. The van der Waals surface area contributed by atoms with Gasteiger partial charge in [-0.25, -0.2) is 9.69 Å². The van der Waals surface area contributed by atoms with Crippen LogP contribution < -0.4 is 10.2 Å². The summed E-state index contributed by atoms with van der Waals surface area (Å²) < 4.78 is -0.837. The van der Waals surface area contributed by atoms with E-state index in [9.17, 15) is 24.3 Å². The van der Waals surface area contributed by atoms with Crippen LogP contribution in [0.1, 0.15) is 54.5 Å². The predicted octanol–water partition coefficient (Wildman–Crippen LogP) is 5.85. The molecule has 1 saturated heterocycles. The number of nitrogens with zero attached hydrogens (tertiary/aromatic N) is 1. The zero-order valence-corrected chi connectivity index (χ0v) is 23.4. The molecule has 0 unspecified atom stereocenters. The number of aromatic carboxylic acids is 1. The van der Waals surface area contributed by atoms with Crippen molar-refractivity contribution in [3.05, 3.63) is 130 Å². The summed E-state index contributed by atoms with van der Waals surface area (Å²) in [5.74, 6) is -3.62. The number of hydrogen-bond acceptors (Lipinski definition) is 4. The molecule has 1 aliphatic heterocycles. The third-order valence-corrected chi connectivity index (χ3v) is 9.90. The fraction of sp³-hybridized carbons (Fsp3) is 0.152. The van der Waals surface area contributed by atoms with E-state index in [4.69, 9.17) is 0 Å². The first kappa shape index (κ1) is 25.4. The number of benzene rings is 4. The van der Waals surface area contributed by atoms with Crippen LogP contribution in [-0.2, 0) is 13.9 Å². The highest BCUT2D eigenvalue weighted by Crippen LogP contribution is 2.66. The monoisotopic (exact) mass is 606 g/mol. The number of rotatable bonds is 4. The molecule has 3 amide bonds. The maximum Gasteiger partial charge on any atom is 0.337 e. The van der Waals surface area contributed by atoms with Gasteiger partial charge in [-0.1, -0.05) is 70.5 Å². The number of carboxylic acid groups (broad SMARTS) is 1. The second kappa shape index (κ2) is 8.97. The predicted molar refractivity (Wildman–Crippen MR) is 156 cm³/mol. The molecular formula is C33H23BrN2O5. The average Bonchev–Trinajstić information content (AvgIpc) is 3.24. The van der Waals surface area contributed by atoms with Gasteiger partial charge in [0.15, 0.2) is 0 Å². The topological polar surface area (TPSA) is 104 Å². The highest BCUT2D eigenvalue weighted by Gasteiger charge is 2.67. The molecule has 4 aliphatic rings. The SMILES string of the molecule is Cc1ccc(C(=O)O)c(NC(=O)c2ccc(N3C(=O)[C@@H]4C5c6ccccc6C(Br)(c6ccccc65)[C@@H]4C3=O)cc2)c1. The van der Waals surface area contributed by atoms with Gasteiger partial charge in [0.05, 0.1) is 33.1 Å². The molecule has 41 heavy (non-hydrogen) atoms. The first-order valence-electron chi connectivity index (χ1n) is 13.2. The molecule has 202 valence electrons. The van der Waals surface area contributed by atoms with Crippen LogP contribution in [0.2, 0.25) is 0 Å². The van der Waals surface area contributed by atoms with Crippen molar-refractivity contribution in [2.24, 2.45) is 11.8 Å². The van der Waals surface area contributed by atoms with E-state index in [-0.39, 0.29) is 34.5 Å². The number of aryl methyl sites for hydroxylation is 1. The summed E-state index contributed by atoms with van der Waals surface area (Å²) in [6.07, 6.45) is 0. The zero-order valence-electron chi connectivity index (χ0n) is 21.8. The minimum atomic E-state index is -1.15.